The molecule has 13 heteroatoms. The first kappa shape index (κ1) is 34.0. The minimum atomic E-state index is -0.978. The number of aromatic nitrogens is 1. The number of nitrogens with two attached hydrogens (primary N) is 1. The van der Waals surface area contributed by atoms with Gasteiger partial charge in [0.25, 0.3) is 0 Å². The highest BCUT2D eigenvalue weighted by molar-refractivity contribution is 7.16. The third kappa shape index (κ3) is 6.96. The van der Waals surface area contributed by atoms with Crippen LogP contribution in [0.4, 0.5) is 21.3 Å². The van der Waals surface area contributed by atoms with Crippen molar-refractivity contribution in [3.05, 3.63) is 33.8 Å². The second kappa shape index (κ2) is 13.6. The number of pyridine rings is 1. The summed E-state index contributed by atoms with van der Waals surface area (Å²) >= 11 is 1.39. The summed E-state index contributed by atoms with van der Waals surface area (Å²) in [5, 5.41) is 22.3. The van der Waals surface area contributed by atoms with Crippen molar-refractivity contribution in [1.82, 2.24) is 20.1 Å². The summed E-state index contributed by atoms with van der Waals surface area (Å²) in [5.41, 5.74) is 7.03. The van der Waals surface area contributed by atoms with E-state index in [1.807, 2.05) is 33.8 Å². The highest BCUT2D eigenvalue weighted by Crippen LogP contribution is 2.45. The Bertz CT molecular complexity index is 1600. The molecule has 0 spiro atoms. The fourth-order valence-corrected chi connectivity index (χ4v) is 8.81. The maximum atomic E-state index is 14.0. The minimum absolute atomic E-state index is 0.0719. The van der Waals surface area contributed by atoms with E-state index in [-0.39, 0.29) is 17.8 Å². The van der Waals surface area contributed by atoms with Crippen LogP contribution >= 0.6 is 11.3 Å². The van der Waals surface area contributed by atoms with Crippen molar-refractivity contribution in [1.29, 1.82) is 10.7 Å². The average molecular weight is 676 g/mol. The molecule has 258 valence electrons. The fourth-order valence-electron chi connectivity index (χ4n) is 7.62. The van der Waals surface area contributed by atoms with Gasteiger partial charge in [0.1, 0.15) is 28.2 Å². The maximum Gasteiger partial charge on any atom is 0.410 e. The number of piperazine rings is 1. The van der Waals surface area contributed by atoms with Gasteiger partial charge in [-0.3, -0.25) is 15.1 Å². The number of thiophene rings is 1. The predicted molar refractivity (Wildman–Crippen MR) is 189 cm³/mol. The van der Waals surface area contributed by atoms with Gasteiger partial charge < -0.3 is 30.5 Å². The number of nitrogens with zero attached hydrogens (tertiary/aromatic N) is 6. The van der Waals surface area contributed by atoms with E-state index in [1.165, 1.54) is 30.6 Å². The lowest BCUT2D eigenvalue weighted by atomic mass is 9.72. The molecule has 2 unspecified atom stereocenters. The molecule has 4 aliphatic rings. The number of nitriles is 1. The number of carbonyl (C=O) groups excluding carboxylic acids is 2. The Morgan fingerprint density at radius 1 is 1.08 bits per heavy atom. The molecule has 5 heterocycles. The Morgan fingerprint density at radius 3 is 2.50 bits per heavy atom. The van der Waals surface area contributed by atoms with Gasteiger partial charge in [-0.25, -0.2) is 9.78 Å². The van der Waals surface area contributed by atoms with Crippen LogP contribution in [0, 0.1) is 16.7 Å². The Balaban J connectivity index is 1.24. The summed E-state index contributed by atoms with van der Waals surface area (Å²) < 4.78 is 5.60. The van der Waals surface area contributed by atoms with E-state index in [4.69, 9.17) is 20.9 Å². The van der Waals surface area contributed by atoms with E-state index in [9.17, 15) is 14.9 Å². The fraction of sp³-hybridized carbons (Fsp3) is 0.629. The Labute approximate surface area is 287 Å². The highest BCUT2D eigenvalue weighted by Gasteiger charge is 2.43. The first-order valence-electron chi connectivity index (χ1n) is 17.3. The van der Waals surface area contributed by atoms with E-state index in [0.717, 1.165) is 61.8 Å². The number of hydrogen-bond acceptors (Lipinski definition) is 11. The molecule has 48 heavy (non-hydrogen) atoms. The SMILES string of the molecule is CC(C)(C)OC(=O)N1CCN(c2cc(C(=N)NC(=O)C3(C)CCCc4sc(N)c(C#N)c43)nc(N3CCC(N4CCCCC4)C3)c2)CC1. The van der Waals surface area contributed by atoms with Crippen molar-refractivity contribution < 1.29 is 14.3 Å². The summed E-state index contributed by atoms with van der Waals surface area (Å²) in [4.78, 5) is 41.5. The molecule has 0 saturated carbocycles. The number of likely N-dealkylation sites (tertiary alicyclic amines) is 1. The number of aryl methyl sites for hydroxylation is 1. The molecule has 2 amide bonds. The van der Waals surface area contributed by atoms with Crippen molar-refractivity contribution in [3.63, 3.8) is 0 Å². The largest absolute Gasteiger partial charge is 0.444 e. The molecule has 3 fully saturated rings. The van der Waals surface area contributed by atoms with Crippen LogP contribution < -0.4 is 20.9 Å². The molecule has 4 N–H and O–H groups in total. The van der Waals surface area contributed by atoms with Gasteiger partial charge >= 0.3 is 6.09 Å². The molecule has 12 nitrogen and oxygen atoms in total. The molecule has 6 rings (SSSR count). The molecule has 1 aliphatic carbocycles. The lowest BCUT2D eigenvalue weighted by Gasteiger charge is -2.37. The van der Waals surface area contributed by atoms with E-state index in [1.54, 1.807) is 4.90 Å². The summed E-state index contributed by atoms with van der Waals surface area (Å²) in [7, 11) is 0. The first-order chi connectivity index (χ1) is 22.9. The number of nitrogens with one attached hydrogen (secondary N) is 2. The quantitative estimate of drug-likeness (QED) is 0.308. The van der Waals surface area contributed by atoms with Gasteiger partial charge in [-0.15, -0.1) is 11.3 Å². The number of nitrogen functional groups attached to an aromatic ring is 1. The number of amidine groups is 1. The van der Waals surface area contributed by atoms with Gasteiger partial charge in [0.15, 0.2) is 5.84 Å². The third-order valence-electron chi connectivity index (χ3n) is 10.2. The molecule has 0 bridgehead atoms. The molecular formula is C35H49N9O3S. The highest BCUT2D eigenvalue weighted by atomic mass is 32.1. The van der Waals surface area contributed by atoms with Gasteiger partial charge in [-0.1, -0.05) is 6.42 Å². The minimum Gasteiger partial charge on any atom is -0.444 e. The number of carbonyl (C=O) groups is 2. The van der Waals surface area contributed by atoms with Crippen LogP contribution in [-0.4, -0.2) is 96.6 Å². The second-order valence-corrected chi connectivity index (χ2v) is 15.9. The number of ether oxygens (including phenoxy) is 1. The molecule has 2 atom stereocenters. The van der Waals surface area contributed by atoms with E-state index in [0.29, 0.717) is 60.5 Å². The normalized spacial score (nSPS) is 23.4. The average Bonchev–Trinajstić information content (AvgIpc) is 3.69. The summed E-state index contributed by atoms with van der Waals surface area (Å²) in [6.07, 6.45) is 6.70. The summed E-state index contributed by atoms with van der Waals surface area (Å²) in [6, 6.07) is 6.65. The van der Waals surface area contributed by atoms with Crippen LogP contribution in [0.2, 0.25) is 0 Å². The zero-order valence-corrected chi connectivity index (χ0v) is 29.5. The zero-order valence-electron chi connectivity index (χ0n) is 28.7. The van der Waals surface area contributed by atoms with Crippen LogP contribution in [0.3, 0.4) is 0 Å². The lowest BCUT2D eigenvalue weighted by molar-refractivity contribution is -0.125. The van der Waals surface area contributed by atoms with Crippen molar-refractivity contribution in [2.75, 3.05) is 67.9 Å². The maximum absolute atomic E-state index is 14.0. The predicted octanol–water partition coefficient (Wildman–Crippen LogP) is 4.45. The molecule has 0 radical (unpaired) electrons. The Kier molecular flexibility index (Phi) is 9.60. The number of hydrogen-bond donors (Lipinski definition) is 3. The molecule has 2 aromatic heterocycles. The van der Waals surface area contributed by atoms with Gasteiger partial charge in [0.2, 0.25) is 5.91 Å². The van der Waals surface area contributed by atoms with Gasteiger partial charge in [-0.05, 0) is 85.4 Å². The Hall–Kier alpha value is -3.89. The van der Waals surface area contributed by atoms with Crippen molar-refractivity contribution in [2.24, 2.45) is 0 Å². The van der Waals surface area contributed by atoms with Crippen molar-refractivity contribution in [2.45, 2.75) is 89.7 Å². The van der Waals surface area contributed by atoms with Crippen molar-refractivity contribution in [3.8, 4) is 6.07 Å². The Morgan fingerprint density at radius 2 is 1.81 bits per heavy atom. The third-order valence-corrected chi connectivity index (χ3v) is 11.3. The van der Waals surface area contributed by atoms with Crippen LogP contribution in [-0.2, 0) is 21.4 Å². The molecule has 3 aliphatic heterocycles. The first-order valence-corrected chi connectivity index (χ1v) is 18.1. The topological polar surface area (TPSA) is 155 Å². The smallest absolute Gasteiger partial charge is 0.410 e. The van der Waals surface area contributed by atoms with Crippen LogP contribution in [0.15, 0.2) is 12.1 Å². The van der Waals surface area contributed by atoms with Crippen molar-refractivity contribution >= 4 is 45.7 Å². The van der Waals surface area contributed by atoms with Gasteiger partial charge in [0, 0.05) is 67.5 Å². The number of anilines is 3. The zero-order chi connectivity index (χ0) is 34.2. The molecule has 0 aromatic carbocycles. The van der Waals surface area contributed by atoms with E-state index in [2.05, 4.69) is 32.2 Å². The van der Waals surface area contributed by atoms with E-state index < -0.39 is 11.0 Å². The van der Waals surface area contributed by atoms with Gasteiger partial charge in [0.05, 0.1) is 11.0 Å². The number of fused-ring (bicyclic) bond motifs is 1. The second-order valence-electron chi connectivity index (χ2n) is 14.8. The molecule has 3 saturated heterocycles. The molecular weight excluding hydrogens is 627 g/mol. The number of piperidine rings is 1. The van der Waals surface area contributed by atoms with Gasteiger partial charge in [-0.2, -0.15) is 5.26 Å². The van der Waals surface area contributed by atoms with Crippen LogP contribution in [0.25, 0.3) is 0 Å². The number of amides is 2. The number of rotatable bonds is 5. The van der Waals surface area contributed by atoms with Crippen LogP contribution in [0.1, 0.15) is 87.9 Å². The van der Waals surface area contributed by atoms with Crippen LogP contribution in [0.5, 0.6) is 0 Å². The lowest BCUT2D eigenvalue weighted by Crippen LogP contribution is -2.50. The summed E-state index contributed by atoms with van der Waals surface area (Å²) in [5.74, 6) is 0.394. The van der Waals surface area contributed by atoms with E-state index >= 15 is 0 Å². The standard InChI is InChI=1S/C35H49N9O3S/c1-34(2,3)47-33(46)43-17-15-42(16-18-43)24-19-26(39-28(20-24)44-14-10-23(22-44)41-12-6-5-7-13-41)30(37)40-32(45)35(4)11-8-9-27-29(35)25(21-36)31(38)48-27/h19-20,23H,5-18,22,38H2,1-4H3,(H2,37,40,45). The molecule has 2 aromatic rings. The monoisotopic (exact) mass is 675 g/mol. The summed E-state index contributed by atoms with van der Waals surface area (Å²) in [6.45, 7) is 13.7.